The number of carbonyl (C=O) groups excluding carboxylic acids is 1. The summed E-state index contributed by atoms with van der Waals surface area (Å²) >= 11 is 7.28. The number of aryl methyl sites for hydroxylation is 1. The Morgan fingerprint density at radius 1 is 1.27 bits per heavy atom. The van der Waals surface area contributed by atoms with E-state index in [2.05, 4.69) is 0 Å². The average Bonchev–Trinajstić information content (AvgIpc) is 3.12. The molecule has 1 fully saturated rings. The Morgan fingerprint density at radius 3 is 2.65 bits per heavy atom. The van der Waals surface area contributed by atoms with Crippen molar-refractivity contribution >= 4 is 38.7 Å². The van der Waals surface area contributed by atoms with Crippen molar-refractivity contribution in [1.29, 1.82) is 0 Å². The number of piperidine rings is 1. The van der Waals surface area contributed by atoms with Crippen molar-refractivity contribution < 1.29 is 17.9 Å². The highest BCUT2D eigenvalue weighted by Crippen LogP contribution is 2.42. The SMILES string of the molecule is Cc1cc(Cl)cc2c1OC1(CCN(S(=O)(=O)c3cccs3)CC1)CC2=O. The highest BCUT2D eigenvalue weighted by Gasteiger charge is 2.45. The van der Waals surface area contributed by atoms with Gasteiger partial charge in [-0.3, -0.25) is 4.79 Å². The third-order valence-electron chi connectivity index (χ3n) is 5.06. The van der Waals surface area contributed by atoms with Crippen molar-refractivity contribution in [3.05, 3.63) is 45.8 Å². The number of hydrogen-bond acceptors (Lipinski definition) is 5. The van der Waals surface area contributed by atoms with Crippen molar-refractivity contribution in [2.45, 2.75) is 36.0 Å². The number of Topliss-reactive ketones (excluding diaryl/α,β-unsaturated/α-hetero) is 1. The van der Waals surface area contributed by atoms with Crippen LogP contribution in [-0.2, 0) is 10.0 Å². The largest absolute Gasteiger partial charge is 0.486 e. The quantitative estimate of drug-likeness (QED) is 0.751. The van der Waals surface area contributed by atoms with Crippen LogP contribution in [0.25, 0.3) is 0 Å². The molecule has 0 radical (unpaired) electrons. The fourth-order valence-corrected chi connectivity index (χ4v) is 6.52. The second-order valence-electron chi connectivity index (χ2n) is 6.82. The topological polar surface area (TPSA) is 63.7 Å². The first-order valence-electron chi connectivity index (χ1n) is 8.37. The molecule has 2 aromatic rings. The number of benzene rings is 1. The number of sulfonamides is 1. The van der Waals surface area contributed by atoms with E-state index >= 15 is 0 Å². The van der Waals surface area contributed by atoms with Gasteiger partial charge in [0.05, 0.1) is 12.0 Å². The average molecular weight is 412 g/mol. The summed E-state index contributed by atoms with van der Waals surface area (Å²) in [4.78, 5) is 12.7. The van der Waals surface area contributed by atoms with Gasteiger partial charge in [0.25, 0.3) is 10.0 Å². The smallest absolute Gasteiger partial charge is 0.252 e. The molecule has 4 rings (SSSR count). The van der Waals surface area contributed by atoms with Gasteiger partial charge in [0.1, 0.15) is 15.6 Å². The van der Waals surface area contributed by atoms with Crippen molar-refractivity contribution in [1.82, 2.24) is 4.31 Å². The highest BCUT2D eigenvalue weighted by molar-refractivity contribution is 7.91. The summed E-state index contributed by atoms with van der Waals surface area (Å²) in [6.07, 6.45) is 1.24. The minimum atomic E-state index is -3.47. The van der Waals surface area contributed by atoms with Gasteiger partial charge in [-0.2, -0.15) is 4.31 Å². The molecule has 0 N–H and O–H groups in total. The Hall–Kier alpha value is -1.41. The normalized spacial score (nSPS) is 20.0. The second-order valence-corrected chi connectivity index (χ2v) is 10.4. The lowest BCUT2D eigenvalue weighted by atomic mass is 9.82. The maximum absolute atomic E-state index is 12.7. The molecule has 3 heterocycles. The number of fused-ring (bicyclic) bond motifs is 1. The minimum absolute atomic E-state index is 0.00594. The number of halogens is 1. The summed E-state index contributed by atoms with van der Waals surface area (Å²) < 4.78 is 33.5. The van der Waals surface area contributed by atoms with E-state index in [-0.39, 0.29) is 12.2 Å². The van der Waals surface area contributed by atoms with E-state index in [1.807, 2.05) is 6.92 Å². The summed E-state index contributed by atoms with van der Waals surface area (Å²) in [6.45, 7) is 2.55. The molecule has 0 aliphatic carbocycles. The van der Waals surface area contributed by atoms with Gasteiger partial charge in [0, 0.05) is 31.0 Å². The number of ketones is 1. The molecule has 1 aromatic heterocycles. The van der Waals surface area contributed by atoms with Crippen molar-refractivity contribution in [2.24, 2.45) is 0 Å². The van der Waals surface area contributed by atoms with Crippen molar-refractivity contribution in [2.75, 3.05) is 13.1 Å². The van der Waals surface area contributed by atoms with E-state index in [0.29, 0.717) is 46.5 Å². The molecule has 1 spiro atoms. The maximum atomic E-state index is 12.7. The Bertz CT molecular complexity index is 961. The third-order valence-corrected chi connectivity index (χ3v) is 8.55. The van der Waals surface area contributed by atoms with Crippen LogP contribution in [0.1, 0.15) is 35.2 Å². The van der Waals surface area contributed by atoms with E-state index in [0.717, 1.165) is 5.56 Å². The summed E-state index contributed by atoms with van der Waals surface area (Å²) in [7, 11) is -3.47. The molecule has 0 unspecified atom stereocenters. The summed E-state index contributed by atoms with van der Waals surface area (Å²) in [5.41, 5.74) is 0.715. The molecule has 2 aliphatic heterocycles. The van der Waals surface area contributed by atoms with Crippen LogP contribution >= 0.6 is 22.9 Å². The Balaban J connectivity index is 1.57. The molecular weight excluding hydrogens is 394 g/mol. The molecule has 2 aliphatic rings. The first kappa shape index (κ1) is 18.0. The summed E-state index contributed by atoms with van der Waals surface area (Å²) in [5, 5.41) is 2.28. The molecule has 8 heteroatoms. The molecule has 5 nitrogen and oxygen atoms in total. The number of ether oxygens (including phenoxy) is 1. The van der Waals surface area contributed by atoms with E-state index in [1.165, 1.54) is 15.6 Å². The highest BCUT2D eigenvalue weighted by atomic mass is 35.5. The Kier molecular flexibility index (Phi) is 4.38. The van der Waals surface area contributed by atoms with E-state index in [9.17, 15) is 13.2 Å². The predicted octanol–water partition coefficient (Wildman–Crippen LogP) is 3.90. The maximum Gasteiger partial charge on any atom is 0.252 e. The van der Waals surface area contributed by atoms with E-state index in [1.54, 1.807) is 29.6 Å². The molecule has 0 amide bonds. The molecule has 0 bridgehead atoms. The van der Waals surface area contributed by atoms with Gasteiger partial charge in [-0.15, -0.1) is 11.3 Å². The summed E-state index contributed by atoms with van der Waals surface area (Å²) in [5.74, 6) is 0.589. The molecular formula is C18H18ClNO4S2. The lowest BCUT2D eigenvalue weighted by molar-refractivity contribution is 0.00539. The first-order chi connectivity index (χ1) is 12.3. The van der Waals surface area contributed by atoms with Crippen LogP contribution in [0.3, 0.4) is 0 Å². The van der Waals surface area contributed by atoms with Crippen molar-refractivity contribution in [3.63, 3.8) is 0 Å². The van der Waals surface area contributed by atoms with Gasteiger partial charge < -0.3 is 4.74 Å². The Labute approximate surface area is 161 Å². The third kappa shape index (κ3) is 2.97. The van der Waals surface area contributed by atoms with Crippen LogP contribution in [0.15, 0.2) is 33.9 Å². The zero-order chi connectivity index (χ0) is 18.5. The zero-order valence-corrected chi connectivity index (χ0v) is 16.6. The molecule has 138 valence electrons. The lowest BCUT2D eigenvalue weighted by Gasteiger charge is -2.43. The molecule has 26 heavy (non-hydrogen) atoms. The second kappa shape index (κ2) is 6.34. The lowest BCUT2D eigenvalue weighted by Crippen LogP contribution is -2.52. The standard InChI is InChI=1S/C18H18ClNO4S2/c1-12-9-13(19)10-14-15(21)11-18(24-17(12)14)4-6-20(7-5-18)26(22,23)16-3-2-8-25-16/h2-3,8-10H,4-7,11H2,1H3. The van der Waals surface area contributed by atoms with Crippen LogP contribution in [0.4, 0.5) is 0 Å². The molecule has 0 atom stereocenters. The van der Waals surface area contributed by atoms with Gasteiger partial charge >= 0.3 is 0 Å². The van der Waals surface area contributed by atoms with Gasteiger partial charge in [-0.1, -0.05) is 17.7 Å². The predicted molar refractivity (Wildman–Crippen MR) is 101 cm³/mol. The molecule has 1 aromatic carbocycles. The molecule has 1 saturated heterocycles. The minimum Gasteiger partial charge on any atom is -0.486 e. The van der Waals surface area contributed by atoms with Gasteiger partial charge in [-0.05, 0) is 36.1 Å². The van der Waals surface area contributed by atoms with Crippen LogP contribution in [0.5, 0.6) is 5.75 Å². The number of thiophene rings is 1. The summed E-state index contributed by atoms with van der Waals surface area (Å²) in [6, 6.07) is 6.78. The Morgan fingerprint density at radius 2 is 2.00 bits per heavy atom. The zero-order valence-electron chi connectivity index (χ0n) is 14.2. The van der Waals surface area contributed by atoms with Crippen LogP contribution < -0.4 is 4.74 Å². The van der Waals surface area contributed by atoms with Crippen LogP contribution in [0, 0.1) is 6.92 Å². The monoisotopic (exact) mass is 411 g/mol. The van der Waals surface area contributed by atoms with E-state index in [4.69, 9.17) is 16.3 Å². The number of hydrogen-bond donors (Lipinski definition) is 0. The number of nitrogens with zero attached hydrogens (tertiary/aromatic N) is 1. The van der Waals surface area contributed by atoms with Gasteiger partial charge in [0.2, 0.25) is 0 Å². The number of carbonyl (C=O) groups is 1. The first-order valence-corrected chi connectivity index (χ1v) is 11.1. The van der Waals surface area contributed by atoms with E-state index < -0.39 is 15.6 Å². The molecule has 0 saturated carbocycles. The van der Waals surface area contributed by atoms with Crippen LogP contribution in [0.2, 0.25) is 5.02 Å². The fraction of sp³-hybridized carbons (Fsp3) is 0.389. The van der Waals surface area contributed by atoms with Crippen molar-refractivity contribution in [3.8, 4) is 5.75 Å². The fourth-order valence-electron chi connectivity index (χ4n) is 3.66. The number of rotatable bonds is 2. The van der Waals surface area contributed by atoms with Gasteiger partial charge in [0.15, 0.2) is 5.78 Å². The van der Waals surface area contributed by atoms with Crippen LogP contribution in [-0.4, -0.2) is 37.2 Å². The van der Waals surface area contributed by atoms with Gasteiger partial charge in [-0.25, -0.2) is 8.42 Å².